The van der Waals surface area contributed by atoms with Crippen molar-refractivity contribution in [2.75, 3.05) is 6.54 Å². The Balaban J connectivity index is 5.55. The first kappa shape index (κ1) is 33.5. The lowest BCUT2D eigenvalue weighted by Crippen LogP contribution is -2.57. The molecule has 0 aliphatic rings. The largest absolute Gasteiger partial charge is 0.481 e. The van der Waals surface area contributed by atoms with Gasteiger partial charge in [-0.25, -0.2) is 4.79 Å². The highest BCUT2D eigenvalue weighted by Crippen LogP contribution is 2.05. The third-order valence-corrected chi connectivity index (χ3v) is 4.86. The van der Waals surface area contributed by atoms with E-state index in [0.29, 0.717) is 0 Å². The van der Waals surface area contributed by atoms with Gasteiger partial charge in [-0.2, -0.15) is 0 Å². The van der Waals surface area contributed by atoms with E-state index in [-0.39, 0.29) is 31.8 Å². The summed E-state index contributed by atoms with van der Waals surface area (Å²) in [4.78, 5) is 85.8. The zero-order valence-electron chi connectivity index (χ0n) is 20.3. The summed E-state index contributed by atoms with van der Waals surface area (Å²) < 4.78 is 0. The van der Waals surface area contributed by atoms with Crippen molar-refractivity contribution in [2.45, 2.75) is 69.1 Å². The van der Waals surface area contributed by atoms with Gasteiger partial charge in [-0.3, -0.25) is 33.8 Å². The average Bonchev–Trinajstić information content (AvgIpc) is 2.80. The molecule has 0 bridgehead atoms. The van der Waals surface area contributed by atoms with E-state index >= 15 is 0 Å². The predicted octanol–water partition coefficient (Wildman–Crippen LogP) is -3.89. The number of carboxylic acids is 4. The first-order chi connectivity index (χ1) is 17.6. The molecule has 0 saturated carbocycles. The van der Waals surface area contributed by atoms with Crippen molar-refractivity contribution < 1.29 is 54.0 Å². The molecule has 0 aliphatic heterocycles. The van der Waals surface area contributed by atoms with Gasteiger partial charge in [0.25, 0.3) is 0 Å². The highest BCUT2D eigenvalue weighted by Gasteiger charge is 2.31. The van der Waals surface area contributed by atoms with Crippen molar-refractivity contribution in [2.24, 2.45) is 22.2 Å². The van der Waals surface area contributed by atoms with Gasteiger partial charge in [-0.15, -0.1) is 0 Å². The number of hydrogen-bond acceptors (Lipinski definition) is 9. The first-order valence-electron chi connectivity index (χ1n) is 11.2. The van der Waals surface area contributed by atoms with E-state index in [1.165, 1.54) is 0 Å². The molecule has 18 heteroatoms. The lowest BCUT2D eigenvalue weighted by Gasteiger charge is -2.24. The molecule has 0 saturated heterocycles. The SMILES string of the molecule is NC(N)=NCCC[C@H](NC(=O)[C@H](CC(=O)O)NC(=O)[C@H](CCC(=O)O)NC(=O)[C@@H](N)CCC(=O)O)C(=O)O. The average molecular weight is 548 g/mol. The third kappa shape index (κ3) is 14.8. The fourth-order valence-corrected chi connectivity index (χ4v) is 2.91. The smallest absolute Gasteiger partial charge is 0.326 e. The fourth-order valence-electron chi connectivity index (χ4n) is 2.91. The molecule has 18 nitrogen and oxygen atoms in total. The van der Waals surface area contributed by atoms with Crippen LogP contribution in [0.15, 0.2) is 4.99 Å². The fraction of sp³-hybridized carbons (Fsp3) is 0.600. The van der Waals surface area contributed by atoms with Gasteiger partial charge in [-0.1, -0.05) is 0 Å². The molecule has 0 radical (unpaired) electrons. The Morgan fingerprint density at radius 3 is 1.66 bits per heavy atom. The lowest BCUT2D eigenvalue weighted by atomic mass is 10.1. The van der Waals surface area contributed by atoms with Gasteiger partial charge in [0.15, 0.2) is 5.96 Å². The molecule has 0 fully saturated rings. The molecule has 0 unspecified atom stereocenters. The Bertz CT molecular complexity index is 921. The molecule has 0 aromatic carbocycles. The number of rotatable bonds is 19. The topological polar surface area (TPSA) is 327 Å². The third-order valence-electron chi connectivity index (χ3n) is 4.86. The normalized spacial score (nSPS) is 13.6. The van der Waals surface area contributed by atoms with Crippen LogP contribution < -0.4 is 33.2 Å². The molecule has 38 heavy (non-hydrogen) atoms. The van der Waals surface area contributed by atoms with Gasteiger partial charge < -0.3 is 53.6 Å². The van der Waals surface area contributed by atoms with E-state index in [9.17, 15) is 38.7 Å². The number of guanidine groups is 1. The number of hydrogen-bond donors (Lipinski definition) is 10. The highest BCUT2D eigenvalue weighted by molar-refractivity contribution is 5.95. The first-order valence-corrected chi connectivity index (χ1v) is 11.2. The number of nitrogens with one attached hydrogen (secondary N) is 3. The predicted molar refractivity (Wildman–Crippen MR) is 127 cm³/mol. The highest BCUT2D eigenvalue weighted by atomic mass is 16.4. The molecule has 0 aromatic heterocycles. The van der Waals surface area contributed by atoms with Crippen LogP contribution in [0.3, 0.4) is 0 Å². The maximum atomic E-state index is 12.8. The Morgan fingerprint density at radius 1 is 0.658 bits per heavy atom. The summed E-state index contributed by atoms with van der Waals surface area (Å²) >= 11 is 0. The quantitative estimate of drug-likeness (QED) is 0.0420. The Hall–Kier alpha value is -4.48. The number of nitrogens with two attached hydrogens (primary N) is 3. The zero-order valence-corrected chi connectivity index (χ0v) is 20.3. The minimum atomic E-state index is -1.80. The monoisotopic (exact) mass is 547 g/mol. The van der Waals surface area contributed by atoms with Gasteiger partial charge in [0.05, 0.1) is 12.5 Å². The summed E-state index contributed by atoms with van der Waals surface area (Å²) in [6.07, 6.45) is -2.84. The summed E-state index contributed by atoms with van der Waals surface area (Å²) in [5.74, 6) is -9.08. The van der Waals surface area contributed by atoms with E-state index in [4.69, 9.17) is 32.5 Å². The Kier molecular flexibility index (Phi) is 15.0. The Labute approximate surface area is 216 Å². The van der Waals surface area contributed by atoms with Gasteiger partial charge in [-0.05, 0) is 25.7 Å². The van der Waals surface area contributed by atoms with Crippen molar-refractivity contribution in [1.82, 2.24) is 16.0 Å². The van der Waals surface area contributed by atoms with E-state index in [0.717, 1.165) is 0 Å². The van der Waals surface area contributed by atoms with E-state index in [1.54, 1.807) is 0 Å². The van der Waals surface area contributed by atoms with E-state index in [2.05, 4.69) is 20.9 Å². The summed E-state index contributed by atoms with van der Waals surface area (Å²) in [6.45, 7) is 0.0524. The van der Waals surface area contributed by atoms with Crippen molar-refractivity contribution in [3.63, 3.8) is 0 Å². The molecule has 0 aliphatic carbocycles. The van der Waals surface area contributed by atoms with Crippen molar-refractivity contribution in [1.29, 1.82) is 0 Å². The van der Waals surface area contributed by atoms with Crippen LogP contribution in [0.4, 0.5) is 0 Å². The molecule has 0 rings (SSSR count). The summed E-state index contributed by atoms with van der Waals surface area (Å²) in [5.41, 5.74) is 15.9. The van der Waals surface area contributed by atoms with Crippen molar-refractivity contribution >= 4 is 47.6 Å². The number of carbonyl (C=O) groups is 7. The zero-order chi connectivity index (χ0) is 29.4. The van der Waals surface area contributed by atoms with Crippen LogP contribution in [0.25, 0.3) is 0 Å². The van der Waals surface area contributed by atoms with Crippen molar-refractivity contribution in [3.8, 4) is 0 Å². The van der Waals surface area contributed by atoms with E-state index in [1.807, 2.05) is 0 Å². The lowest BCUT2D eigenvalue weighted by molar-refractivity contribution is -0.144. The number of nitrogens with zero attached hydrogens (tertiary/aromatic N) is 1. The molecule has 13 N–H and O–H groups in total. The van der Waals surface area contributed by atoms with Gasteiger partial charge in [0.1, 0.15) is 18.1 Å². The second-order valence-corrected chi connectivity index (χ2v) is 8.04. The number of aliphatic carboxylic acids is 4. The van der Waals surface area contributed by atoms with Crippen LogP contribution in [0, 0.1) is 0 Å². The van der Waals surface area contributed by atoms with Crippen LogP contribution >= 0.6 is 0 Å². The molecule has 0 aromatic rings. The number of amides is 3. The molecular formula is C20H33N7O11. The Morgan fingerprint density at radius 2 is 1.16 bits per heavy atom. The van der Waals surface area contributed by atoms with Crippen LogP contribution in [0.1, 0.15) is 44.9 Å². The number of carbonyl (C=O) groups excluding carboxylic acids is 3. The molecule has 0 spiro atoms. The standard InChI is InChI=1S/C20H33N7O11/c21-9(3-5-13(28)29)16(34)25-10(4-6-14(30)31)17(35)27-12(8-15(32)33)18(36)26-11(19(37)38)2-1-7-24-20(22)23/h9-12H,1-8,21H2,(H,25,34)(H,26,36)(H,27,35)(H,28,29)(H,30,31)(H,32,33)(H,37,38)(H4,22,23,24)/t9-,10-,11-,12-/m0/s1. The van der Waals surface area contributed by atoms with E-state index < -0.39 is 91.4 Å². The number of carboxylic acid groups (broad SMARTS) is 4. The summed E-state index contributed by atoms with van der Waals surface area (Å²) in [6, 6.07) is -6.24. The van der Waals surface area contributed by atoms with Crippen LogP contribution in [0.2, 0.25) is 0 Å². The van der Waals surface area contributed by atoms with Crippen molar-refractivity contribution in [3.05, 3.63) is 0 Å². The summed E-state index contributed by atoms with van der Waals surface area (Å²) in [7, 11) is 0. The minimum Gasteiger partial charge on any atom is -0.481 e. The van der Waals surface area contributed by atoms with Gasteiger partial charge in [0.2, 0.25) is 17.7 Å². The molecule has 4 atom stereocenters. The molecule has 214 valence electrons. The summed E-state index contributed by atoms with van der Waals surface area (Å²) in [5, 5.41) is 42.5. The second-order valence-electron chi connectivity index (χ2n) is 8.04. The molecule has 3 amide bonds. The van der Waals surface area contributed by atoms with Crippen LogP contribution in [0.5, 0.6) is 0 Å². The maximum absolute atomic E-state index is 12.8. The molecule has 0 heterocycles. The molecular weight excluding hydrogens is 514 g/mol. The van der Waals surface area contributed by atoms with Gasteiger partial charge in [0, 0.05) is 19.4 Å². The minimum absolute atomic E-state index is 0.0524. The second kappa shape index (κ2) is 17.1. The van der Waals surface area contributed by atoms with Crippen LogP contribution in [-0.2, 0) is 33.6 Å². The van der Waals surface area contributed by atoms with Gasteiger partial charge >= 0.3 is 23.9 Å². The number of aliphatic imine (C=N–C) groups is 1. The van der Waals surface area contributed by atoms with Crippen LogP contribution in [-0.4, -0.2) is 98.7 Å². The maximum Gasteiger partial charge on any atom is 0.326 e.